The normalized spacial score (nSPS) is 20.3. The maximum Gasteiger partial charge on any atom is 0.252 e. The van der Waals surface area contributed by atoms with Crippen molar-refractivity contribution in [3.05, 3.63) is 54.1 Å². The van der Waals surface area contributed by atoms with Crippen molar-refractivity contribution in [2.24, 2.45) is 0 Å². The Hall–Kier alpha value is -2.71. The lowest BCUT2D eigenvalue weighted by Crippen LogP contribution is -2.50. The first kappa shape index (κ1) is 23.4. The van der Waals surface area contributed by atoms with Crippen LogP contribution in [0.5, 0.6) is 5.75 Å². The fraction of sp³-hybridized carbons (Fsp3) is 0.440. The molecule has 1 heterocycles. The SMILES string of the molecule is COc1ccc(N2C(=O)CC(N(C3CCCCCC3)S(=O)(=O)c3ccc(C)cc3)C2=O)cc1. The van der Waals surface area contributed by atoms with E-state index in [0.717, 1.165) is 36.1 Å². The van der Waals surface area contributed by atoms with Crippen LogP contribution in [0.4, 0.5) is 5.69 Å². The summed E-state index contributed by atoms with van der Waals surface area (Å²) >= 11 is 0. The minimum atomic E-state index is -3.98. The number of carbonyl (C=O) groups excluding carboxylic acids is 2. The van der Waals surface area contributed by atoms with Gasteiger partial charge in [-0.2, -0.15) is 4.31 Å². The van der Waals surface area contributed by atoms with Gasteiger partial charge < -0.3 is 4.74 Å². The van der Waals surface area contributed by atoms with Crippen molar-refractivity contribution in [2.75, 3.05) is 12.0 Å². The van der Waals surface area contributed by atoms with Crippen LogP contribution < -0.4 is 9.64 Å². The second-order valence-electron chi connectivity index (χ2n) is 8.78. The van der Waals surface area contributed by atoms with Gasteiger partial charge in [-0.25, -0.2) is 13.3 Å². The molecule has 1 aliphatic carbocycles. The highest BCUT2D eigenvalue weighted by Gasteiger charge is 2.49. The fourth-order valence-electron chi connectivity index (χ4n) is 4.78. The summed E-state index contributed by atoms with van der Waals surface area (Å²) < 4.78 is 34.2. The molecule has 1 aliphatic heterocycles. The number of hydrogen-bond donors (Lipinski definition) is 0. The number of anilines is 1. The summed E-state index contributed by atoms with van der Waals surface area (Å²) in [5.41, 5.74) is 1.37. The number of benzene rings is 2. The molecule has 0 N–H and O–H groups in total. The maximum absolute atomic E-state index is 13.8. The number of nitrogens with zero attached hydrogens (tertiary/aromatic N) is 2. The first-order valence-corrected chi connectivity index (χ1v) is 12.9. The van der Waals surface area contributed by atoms with Crippen LogP contribution in [0.1, 0.15) is 50.5 Å². The molecular weight excluding hydrogens is 440 g/mol. The molecule has 2 aromatic carbocycles. The zero-order chi connectivity index (χ0) is 23.6. The molecule has 1 atom stereocenters. The molecule has 4 rings (SSSR count). The lowest BCUT2D eigenvalue weighted by Gasteiger charge is -2.33. The second kappa shape index (κ2) is 9.65. The Morgan fingerprint density at radius 3 is 2.09 bits per heavy atom. The molecule has 0 spiro atoms. The third-order valence-electron chi connectivity index (χ3n) is 6.54. The van der Waals surface area contributed by atoms with Gasteiger partial charge in [0.2, 0.25) is 15.9 Å². The number of hydrogen-bond acceptors (Lipinski definition) is 5. The van der Waals surface area contributed by atoms with Gasteiger partial charge >= 0.3 is 0 Å². The van der Waals surface area contributed by atoms with E-state index in [1.54, 1.807) is 48.5 Å². The molecule has 8 heteroatoms. The van der Waals surface area contributed by atoms with E-state index in [4.69, 9.17) is 4.74 Å². The van der Waals surface area contributed by atoms with Gasteiger partial charge in [0.05, 0.1) is 24.1 Å². The van der Waals surface area contributed by atoms with E-state index < -0.39 is 27.9 Å². The van der Waals surface area contributed by atoms with Crippen LogP contribution >= 0.6 is 0 Å². The first-order chi connectivity index (χ1) is 15.8. The molecule has 1 saturated heterocycles. The lowest BCUT2D eigenvalue weighted by atomic mass is 10.1. The van der Waals surface area contributed by atoms with Crippen molar-refractivity contribution < 1.29 is 22.7 Å². The molecule has 1 unspecified atom stereocenters. The predicted octanol–water partition coefficient (Wildman–Crippen LogP) is 4.05. The van der Waals surface area contributed by atoms with Crippen molar-refractivity contribution >= 4 is 27.5 Å². The third-order valence-corrected chi connectivity index (χ3v) is 8.52. The van der Waals surface area contributed by atoms with Gasteiger partial charge in [-0.05, 0) is 56.2 Å². The molecule has 2 aromatic rings. The number of methoxy groups -OCH3 is 1. The van der Waals surface area contributed by atoms with Crippen molar-refractivity contribution in [3.8, 4) is 5.75 Å². The Morgan fingerprint density at radius 2 is 1.52 bits per heavy atom. The zero-order valence-electron chi connectivity index (χ0n) is 19.1. The number of amides is 2. The molecule has 0 aromatic heterocycles. The van der Waals surface area contributed by atoms with Gasteiger partial charge in [0.25, 0.3) is 5.91 Å². The van der Waals surface area contributed by atoms with Crippen LogP contribution in [0.2, 0.25) is 0 Å². The Morgan fingerprint density at radius 1 is 0.909 bits per heavy atom. The number of aryl methyl sites for hydroxylation is 1. The van der Waals surface area contributed by atoms with E-state index in [-0.39, 0.29) is 17.4 Å². The molecule has 7 nitrogen and oxygen atoms in total. The number of rotatable bonds is 6. The van der Waals surface area contributed by atoms with E-state index >= 15 is 0 Å². The summed E-state index contributed by atoms with van der Waals surface area (Å²) in [6, 6.07) is 11.9. The van der Waals surface area contributed by atoms with Crippen molar-refractivity contribution in [1.29, 1.82) is 0 Å². The highest BCUT2D eigenvalue weighted by Crippen LogP contribution is 2.35. The van der Waals surface area contributed by atoms with Gasteiger partial charge in [-0.15, -0.1) is 0 Å². The van der Waals surface area contributed by atoms with E-state index in [2.05, 4.69) is 0 Å². The van der Waals surface area contributed by atoms with E-state index in [1.165, 1.54) is 11.4 Å². The van der Waals surface area contributed by atoms with Crippen molar-refractivity contribution in [3.63, 3.8) is 0 Å². The van der Waals surface area contributed by atoms with Gasteiger partial charge in [-0.3, -0.25) is 9.59 Å². The van der Waals surface area contributed by atoms with Crippen LogP contribution in [0.3, 0.4) is 0 Å². The van der Waals surface area contributed by atoms with E-state index in [9.17, 15) is 18.0 Å². The molecular formula is C25H30N2O5S. The monoisotopic (exact) mass is 470 g/mol. The number of sulfonamides is 1. The average molecular weight is 471 g/mol. The topological polar surface area (TPSA) is 84.0 Å². The largest absolute Gasteiger partial charge is 0.497 e. The van der Waals surface area contributed by atoms with Crippen LogP contribution in [-0.4, -0.2) is 43.7 Å². The highest BCUT2D eigenvalue weighted by atomic mass is 32.2. The van der Waals surface area contributed by atoms with Crippen LogP contribution in [0, 0.1) is 6.92 Å². The van der Waals surface area contributed by atoms with Gasteiger partial charge in [0.15, 0.2) is 0 Å². The summed E-state index contributed by atoms with van der Waals surface area (Å²) in [7, 11) is -2.44. The van der Waals surface area contributed by atoms with Crippen molar-refractivity contribution in [1.82, 2.24) is 4.31 Å². The van der Waals surface area contributed by atoms with Crippen LogP contribution in [0.15, 0.2) is 53.4 Å². The van der Waals surface area contributed by atoms with E-state index in [0.29, 0.717) is 24.3 Å². The third kappa shape index (κ3) is 4.68. The average Bonchev–Trinajstić information content (AvgIpc) is 2.97. The van der Waals surface area contributed by atoms with Crippen LogP contribution in [0.25, 0.3) is 0 Å². The Labute approximate surface area is 195 Å². The summed E-state index contributed by atoms with van der Waals surface area (Å²) in [5, 5.41) is 0. The molecule has 33 heavy (non-hydrogen) atoms. The summed E-state index contributed by atoms with van der Waals surface area (Å²) in [6.07, 6.45) is 5.11. The van der Waals surface area contributed by atoms with Gasteiger partial charge in [-0.1, -0.05) is 43.4 Å². The maximum atomic E-state index is 13.8. The smallest absolute Gasteiger partial charge is 0.252 e. The standard InChI is InChI=1S/C25H30N2O5S/c1-18-9-15-22(16-10-18)33(30,31)27(20-7-5-3-4-6-8-20)23-17-24(28)26(25(23)29)19-11-13-21(32-2)14-12-19/h9-16,20,23H,3-8,17H2,1-2H3. The first-order valence-electron chi connectivity index (χ1n) is 11.4. The van der Waals surface area contributed by atoms with E-state index in [1.807, 2.05) is 6.92 Å². The number of imide groups is 1. The molecule has 176 valence electrons. The van der Waals surface area contributed by atoms with Gasteiger partial charge in [0.1, 0.15) is 11.8 Å². The fourth-order valence-corrected chi connectivity index (χ4v) is 6.61. The van der Waals surface area contributed by atoms with Gasteiger partial charge in [0, 0.05) is 6.04 Å². The van der Waals surface area contributed by atoms with Crippen molar-refractivity contribution in [2.45, 2.75) is 68.8 Å². The van der Waals surface area contributed by atoms with Crippen LogP contribution in [-0.2, 0) is 19.6 Å². The number of carbonyl (C=O) groups is 2. The Balaban J connectivity index is 1.72. The minimum Gasteiger partial charge on any atom is -0.497 e. The minimum absolute atomic E-state index is 0.153. The number of ether oxygens (including phenoxy) is 1. The highest BCUT2D eigenvalue weighted by molar-refractivity contribution is 7.89. The summed E-state index contributed by atoms with van der Waals surface area (Å²) in [5.74, 6) is -0.283. The molecule has 2 amide bonds. The zero-order valence-corrected chi connectivity index (χ0v) is 19.9. The quantitative estimate of drug-likeness (QED) is 0.470. The second-order valence-corrected chi connectivity index (χ2v) is 10.6. The molecule has 2 aliphatic rings. The predicted molar refractivity (Wildman–Crippen MR) is 126 cm³/mol. The Kier molecular flexibility index (Phi) is 6.86. The Bertz CT molecular complexity index is 1100. The molecule has 0 bridgehead atoms. The molecule has 2 fully saturated rings. The summed E-state index contributed by atoms with van der Waals surface area (Å²) in [4.78, 5) is 27.8. The lowest BCUT2D eigenvalue weighted by molar-refractivity contribution is -0.122. The summed E-state index contributed by atoms with van der Waals surface area (Å²) in [6.45, 7) is 1.89. The molecule has 1 saturated carbocycles. The molecule has 0 radical (unpaired) electrons.